The largest absolute Gasteiger partial charge is 0.397 e. The number of hydrogen-bond donors (Lipinski definition) is 2. The Morgan fingerprint density at radius 2 is 1.80 bits per heavy atom. The molecule has 2 aromatic rings. The van der Waals surface area contributed by atoms with E-state index in [0.29, 0.717) is 16.4 Å². The predicted molar refractivity (Wildman–Crippen MR) is 85.6 cm³/mol. The van der Waals surface area contributed by atoms with Crippen molar-refractivity contribution in [2.24, 2.45) is 0 Å². The van der Waals surface area contributed by atoms with Crippen LogP contribution in [0.25, 0.3) is 0 Å². The maximum Gasteiger partial charge on any atom is 0.261 e. The van der Waals surface area contributed by atoms with E-state index in [4.69, 9.17) is 17.3 Å². The zero-order valence-corrected chi connectivity index (χ0v) is 13.7. The molecule has 4 nitrogen and oxygen atoms in total. The fourth-order valence-corrected chi connectivity index (χ4v) is 3.59. The van der Waals surface area contributed by atoms with Crippen molar-refractivity contribution in [2.75, 3.05) is 10.5 Å². The molecule has 2 rings (SSSR count). The summed E-state index contributed by atoms with van der Waals surface area (Å²) in [6.45, 7) is 1.78. The van der Waals surface area contributed by atoms with Crippen molar-refractivity contribution in [1.82, 2.24) is 0 Å². The Kier molecular flexibility index (Phi) is 4.27. The summed E-state index contributed by atoms with van der Waals surface area (Å²) in [6.07, 6.45) is 0. The summed E-state index contributed by atoms with van der Waals surface area (Å²) in [5.74, 6) is 0. The lowest BCUT2D eigenvalue weighted by atomic mass is 10.2. The lowest BCUT2D eigenvalue weighted by Gasteiger charge is -2.13. The van der Waals surface area contributed by atoms with Crippen LogP contribution in [0, 0.1) is 6.92 Å². The van der Waals surface area contributed by atoms with E-state index >= 15 is 0 Å². The molecule has 0 aromatic heterocycles. The summed E-state index contributed by atoms with van der Waals surface area (Å²) in [7, 11) is -3.69. The monoisotopic (exact) mass is 374 g/mol. The van der Waals surface area contributed by atoms with E-state index in [1.54, 1.807) is 19.1 Å². The summed E-state index contributed by atoms with van der Waals surface area (Å²) in [5.41, 5.74) is 7.32. The third-order valence-corrected chi connectivity index (χ3v) is 4.77. The van der Waals surface area contributed by atoms with Crippen LogP contribution in [0.15, 0.2) is 45.8 Å². The predicted octanol–water partition coefficient (Wildman–Crippen LogP) is 3.79. The van der Waals surface area contributed by atoms with Crippen molar-refractivity contribution in [3.8, 4) is 0 Å². The molecule has 106 valence electrons. The molecule has 0 atom stereocenters. The van der Waals surface area contributed by atoms with Crippen molar-refractivity contribution in [1.29, 1.82) is 0 Å². The van der Waals surface area contributed by atoms with E-state index in [1.165, 1.54) is 24.3 Å². The number of halogens is 2. The zero-order valence-electron chi connectivity index (χ0n) is 10.5. The van der Waals surface area contributed by atoms with Gasteiger partial charge in [-0.15, -0.1) is 0 Å². The van der Waals surface area contributed by atoms with Gasteiger partial charge in [-0.3, -0.25) is 4.72 Å². The third-order valence-electron chi connectivity index (χ3n) is 2.69. The number of anilines is 2. The number of nitrogens with one attached hydrogen (secondary N) is 1. The lowest BCUT2D eigenvalue weighted by Crippen LogP contribution is -2.15. The van der Waals surface area contributed by atoms with Crippen LogP contribution in [0.3, 0.4) is 0 Å². The highest BCUT2D eigenvalue weighted by molar-refractivity contribution is 9.10. The maximum absolute atomic E-state index is 12.3. The van der Waals surface area contributed by atoms with E-state index in [9.17, 15) is 8.42 Å². The smallest absolute Gasteiger partial charge is 0.261 e. The number of benzene rings is 2. The van der Waals surface area contributed by atoms with Crippen LogP contribution in [0.2, 0.25) is 5.02 Å². The number of nitrogen functional groups attached to an aromatic ring is 1. The second-order valence-electron chi connectivity index (χ2n) is 4.25. The summed E-state index contributed by atoms with van der Waals surface area (Å²) in [4.78, 5) is 0.128. The van der Waals surface area contributed by atoms with Crippen LogP contribution in [0.5, 0.6) is 0 Å². The molecule has 20 heavy (non-hydrogen) atoms. The number of hydrogen-bond acceptors (Lipinski definition) is 3. The summed E-state index contributed by atoms with van der Waals surface area (Å²) in [5, 5.41) is 0.475. The highest BCUT2D eigenvalue weighted by Crippen LogP contribution is 2.30. The van der Waals surface area contributed by atoms with Gasteiger partial charge in [-0.1, -0.05) is 27.5 Å². The van der Waals surface area contributed by atoms with Gasteiger partial charge in [-0.2, -0.15) is 0 Å². The fourth-order valence-electron chi connectivity index (χ4n) is 1.72. The molecular weight excluding hydrogens is 364 g/mol. The van der Waals surface area contributed by atoms with Gasteiger partial charge < -0.3 is 5.73 Å². The molecule has 0 amide bonds. The van der Waals surface area contributed by atoms with Gasteiger partial charge >= 0.3 is 0 Å². The van der Waals surface area contributed by atoms with Crippen LogP contribution in [-0.2, 0) is 10.0 Å². The summed E-state index contributed by atoms with van der Waals surface area (Å²) >= 11 is 9.06. The quantitative estimate of drug-likeness (QED) is 0.802. The lowest BCUT2D eigenvalue weighted by molar-refractivity contribution is 0.601. The van der Waals surface area contributed by atoms with Crippen molar-refractivity contribution in [2.45, 2.75) is 11.8 Å². The first kappa shape index (κ1) is 15.2. The Labute approximate surface area is 131 Å². The zero-order chi connectivity index (χ0) is 14.9. The van der Waals surface area contributed by atoms with Crippen LogP contribution in [0.1, 0.15) is 5.56 Å². The molecule has 0 spiro atoms. The van der Waals surface area contributed by atoms with Gasteiger partial charge in [0.05, 0.1) is 16.3 Å². The number of rotatable bonds is 3. The van der Waals surface area contributed by atoms with E-state index in [2.05, 4.69) is 20.7 Å². The molecule has 0 unspecified atom stereocenters. The molecule has 0 fully saturated rings. The molecule has 0 heterocycles. The molecule has 0 radical (unpaired) electrons. The Hall–Kier alpha value is -1.24. The highest BCUT2D eigenvalue weighted by Gasteiger charge is 2.17. The van der Waals surface area contributed by atoms with Crippen LogP contribution < -0.4 is 10.5 Å². The molecule has 0 aliphatic heterocycles. The minimum Gasteiger partial charge on any atom is -0.397 e. The van der Waals surface area contributed by atoms with Crippen LogP contribution in [0.4, 0.5) is 11.4 Å². The molecule has 3 N–H and O–H groups in total. The molecular formula is C13H12BrClN2O2S. The first-order valence-electron chi connectivity index (χ1n) is 5.63. The number of sulfonamides is 1. The Morgan fingerprint density at radius 3 is 2.35 bits per heavy atom. The van der Waals surface area contributed by atoms with E-state index in [0.717, 1.165) is 10.0 Å². The van der Waals surface area contributed by atoms with Crippen molar-refractivity contribution in [3.63, 3.8) is 0 Å². The highest BCUT2D eigenvalue weighted by atomic mass is 79.9. The molecule has 7 heteroatoms. The molecule has 0 aliphatic rings. The second kappa shape index (κ2) is 5.63. The Morgan fingerprint density at radius 1 is 1.20 bits per heavy atom. The van der Waals surface area contributed by atoms with Gasteiger partial charge in [-0.05, 0) is 48.9 Å². The fraction of sp³-hybridized carbons (Fsp3) is 0.0769. The van der Waals surface area contributed by atoms with Gasteiger partial charge in [0.25, 0.3) is 10.0 Å². The SMILES string of the molecule is Cc1cc(Br)cc(N)c1NS(=O)(=O)c1ccc(Cl)cc1. The molecule has 0 bridgehead atoms. The van der Waals surface area contributed by atoms with Gasteiger partial charge in [-0.25, -0.2) is 8.42 Å². The van der Waals surface area contributed by atoms with Gasteiger partial charge in [0, 0.05) is 9.50 Å². The average Bonchev–Trinajstić information content (AvgIpc) is 2.34. The van der Waals surface area contributed by atoms with Crippen molar-refractivity contribution in [3.05, 3.63) is 51.5 Å². The van der Waals surface area contributed by atoms with Gasteiger partial charge in [0.15, 0.2) is 0 Å². The normalized spacial score (nSPS) is 11.3. The summed E-state index contributed by atoms with van der Waals surface area (Å²) in [6, 6.07) is 9.36. The van der Waals surface area contributed by atoms with Crippen molar-refractivity contribution >= 4 is 48.9 Å². The number of nitrogens with two attached hydrogens (primary N) is 1. The van der Waals surface area contributed by atoms with Crippen molar-refractivity contribution < 1.29 is 8.42 Å². The molecule has 0 aliphatic carbocycles. The second-order valence-corrected chi connectivity index (χ2v) is 7.28. The Bertz CT molecular complexity index is 722. The van der Waals surface area contributed by atoms with Gasteiger partial charge in [0.2, 0.25) is 0 Å². The minimum atomic E-state index is -3.69. The van der Waals surface area contributed by atoms with E-state index in [1.807, 2.05) is 0 Å². The van der Waals surface area contributed by atoms with E-state index < -0.39 is 10.0 Å². The van der Waals surface area contributed by atoms with E-state index in [-0.39, 0.29) is 4.90 Å². The first-order valence-corrected chi connectivity index (χ1v) is 8.29. The number of aryl methyl sites for hydroxylation is 1. The standard InChI is InChI=1S/C13H12BrClN2O2S/c1-8-6-9(14)7-12(16)13(8)17-20(18,19)11-4-2-10(15)3-5-11/h2-7,17H,16H2,1H3. The minimum absolute atomic E-state index is 0.128. The third kappa shape index (κ3) is 3.26. The molecule has 0 saturated heterocycles. The average molecular weight is 376 g/mol. The van der Waals surface area contributed by atoms with Crippen LogP contribution in [-0.4, -0.2) is 8.42 Å². The topological polar surface area (TPSA) is 72.2 Å². The van der Waals surface area contributed by atoms with Gasteiger partial charge in [0.1, 0.15) is 0 Å². The maximum atomic E-state index is 12.3. The Balaban J connectivity index is 2.41. The first-order chi connectivity index (χ1) is 9.29. The summed E-state index contributed by atoms with van der Waals surface area (Å²) < 4.78 is 27.9. The molecule has 0 saturated carbocycles. The van der Waals surface area contributed by atoms with Crippen LogP contribution >= 0.6 is 27.5 Å². The molecule has 2 aromatic carbocycles.